The minimum Gasteiger partial charge on any atom is -0.454 e. The first-order chi connectivity index (χ1) is 22.9. The lowest BCUT2D eigenvalue weighted by Crippen LogP contribution is -2.70. The Morgan fingerprint density at radius 1 is 0.766 bits per heavy atom. The molecule has 2 aromatic heterocycles. The Bertz CT molecular complexity index is 2240. The molecule has 5 heterocycles. The third kappa shape index (κ3) is 3.46. The van der Waals surface area contributed by atoms with Crippen molar-refractivity contribution in [3.8, 4) is 0 Å². The molecule has 0 amide bonds. The fourth-order valence-electron chi connectivity index (χ4n) is 8.66. The molecule has 0 spiro atoms. The van der Waals surface area contributed by atoms with E-state index in [0.29, 0.717) is 0 Å². The SMILES string of the molecule is C=CC1(C)c2ccc3c(oc4ccccc43)c2N2C=CN(C)C2C1(C)C1N(c2ccccc2)c2nccnc2N1c1ccccc1C. The number of hydrogen-bond donors (Lipinski definition) is 0. The number of hydrogen-bond acceptors (Lipinski definition) is 7. The number of furan rings is 1. The van der Waals surface area contributed by atoms with Crippen molar-refractivity contribution in [2.45, 2.75) is 38.5 Å². The minimum absolute atomic E-state index is 0.117. The van der Waals surface area contributed by atoms with Crippen molar-refractivity contribution in [3.63, 3.8) is 0 Å². The zero-order valence-electron chi connectivity index (χ0n) is 27.0. The molecule has 0 saturated carbocycles. The Morgan fingerprint density at radius 2 is 1.47 bits per heavy atom. The summed E-state index contributed by atoms with van der Waals surface area (Å²) in [6.45, 7) is 11.5. The second kappa shape index (κ2) is 9.72. The average Bonchev–Trinajstić information content (AvgIpc) is 3.79. The molecule has 6 aromatic rings. The van der Waals surface area contributed by atoms with Gasteiger partial charge in [0.15, 0.2) is 17.2 Å². The standard InChI is InChI=1S/C40H36N6O/c1-6-39(3)30-21-20-29-28-17-11-13-19-32(28)47-34(29)33(30)44-25-24-43(5)37(44)40(39,4)38-45(27-15-8-7-9-16-27)35-36(42-23-22-41-35)46(38)31-18-12-10-14-26(31)2/h6-25,37-38H,1H2,2-5H3. The van der Waals surface area contributed by atoms with E-state index in [2.05, 4.69) is 157 Å². The van der Waals surface area contributed by atoms with E-state index < -0.39 is 10.8 Å². The predicted molar refractivity (Wildman–Crippen MR) is 190 cm³/mol. The average molecular weight is 617 g/mol. The van der Waals surface area contributed by atoms with Gasteiger partial charge in [0.1, 0.15) is 17.9 Å². The van der Waals surface area contributed by atoms with Crippen LogP contribution in [0.3, 0.4) is 0 Å². The van der Waals surface area contributed by atoms with Crippen molar-refractivity contribution in [1.29, 1.82) is 0 Å². The van der Waals surface area contributed by atoms with E-state index in [1.165, 1.54) is 11.1 Å². The third-order valence-corrected chi connectivity index (χ3v) is 11.1. The van der Waals surface area contributed by atoms with Crippen molar-refractivity contribution in [3.05, 3.63) is 140 Å². The summed E-state index contributed by atoms with van der Waals surface area (Å²) in [5.74, 6) is 1.67. The van der Waals surface area contributed by atoms with Gasteiger partial charge in [-0.2, -0.15) is 0 Å². The summed E-state index contributed by atoms with van der Waals surface area (Å²) in [5.41, 5.74) is 6.27. The van der Waals surface area contributed by atoms with Crippen molar-refractivity contribution in [1.82, 2.24) is 14.9 Å². The van der Waals surface area contributed by atoms with Crippen LogP contribution >= 0.6 is 0 Å². The summed E-state index contributed by atoms with van der Waals surface area (Å²) in [5, 5.41) is 2.24. The van der Waals surface area contributed by atoms with Crippen LogP contribution in [-0.2, 0) is 5.41 Å². The topological polar surface area (TPSA) is 51.9 Å². The molecule has 232 valence electrons. The van der Waals surface area contributed by atoms with Gasteiger partial charge < -0.3 is 24.0 Å². The van der Waals surface area contributed by atoms with E-state index in [1.807, 2.05) is 6.07 Å². The highest BCUT2D eigenvalue weighted by molar-refractivity contribution is 6.10. The van der Waals surface area contributed by atoms with Gasteiger partial charge in [0.05, 0.1) is 11.1 Å². The van der Waals surface area contributed by atoms with E-state index in [0.717, 1.165) is 50.6 Å². The maximum atomic E-state index is 6.70. The molecule has 0 aliphatic carbocycles. The van der Waals surface area contributed by atoms with Crippen molar-refractivity contribution in [2.75, 3.05) is 21.7 Å². The fourth-order valence-corrected chi connectivity index (χ4v) is 8.66. The lowest BCUT2D eigenvalue weighted by atomic mass is 9.55. The predicted octanol–water partition coefficient (Wildman–Crippen LogP) is 9.01. The van der Waals surface area contributed by atoms with Gasteiger partial charge in [-0.15, -0.1) is 6.58 Å². The van der Waals surface area contributed by atoms with Crippen LogP contribution in [0.2, 0.25) is 0 Å². The molecule has 9 rings (SSSR count). The fraction of sp³-hybridized carbons (Fsp3) is 0.200. The van der Waals surface area contributed by atoms with E-state index in [9.17, 15) is 0 Å². The molecule has 3 aliphatic rings. The van der Waals surface area contributed by atoms with E-state index in [4.69, 9.17) is 14.4 Å². The lowest BCUT2D eigenvalue weighted by molar-refractivity contribution is 0.0492. The van der Waals surface area contributed by atoms with Gasteiger partial charge >= 0.3 is 0 Å². The van der Waals surface area contributed by atoms with E-state index >= 15 is 0 Å². The smallest absolute Gasteiger partial charge is 0.178 e. The zero-order chi connectivity index (χ0) is 32.1. The quantitative estimate of drug-likeness (QED) is 0.183. The zero-order valence-corrected chi connectivity index (χ0v) is 27.0. The number of nitrogens with zero attached hydrogens (tertiary/aromatic N) is 6. The minimum atomic E-state index is -0.558. The number of rotatable bonds is 4. The normalized spacial score (nSPS) is 24.6. The largest absolute Gasteiger partial charge is 0.454 e. The molecule has 7 nitrogen and oxygen atoms in total. The maximum Gasteiger partial charge on any atom is 0.178 e. The van der Waals surface area contributed by atoms with Gasteiger partial charge in [-0.3, -0.25) is 0 Å². The monoisotopic (exact) mass is 616 g/mol. The van der Waals surface area contributed by atoms with Crippen LogP contribution < -0.4 is 14.7 Å². The second-order valence-electron chi connectivity index (χ2n) is 13.3. The molecule has 0 radical (unpaired) electrons. The number of aryl methyl sites for hydroxylation is 1. The summed E-state index contributed by atoms with van der Waals surface area (Å²) < 4.78 is 6.70. The highest BCUT2D eigenvalue weighted by Gasteiger charge is 2.66. The van der Waals surface area contributed by atoms with Crippen molar-refractivity contribution >= 4 is 50.6 Å². The third-order valence-electron chi connectivity index (χ3n) is 11.1. The molecule has 0 bridgehead atoms. The molecular weight excluding hydrogens is 580 g/mol. The Kier molecular flexibility index (Phi) is 5.73. The van der Waals surface area contributed by atoms with Crippen molar-refractivity contribution < 1.29 is 4.42 Å². The Morgan fingerprint density at radius 3 is 2.23 bits per heavy atom. The molecule has 4 unspecified atom stereocenters. The highest BCUT2D eigenvalue weighted by atomic mass is 16.3. The number of para-hydroxylation sites is 3. The van der Waals surface area contributed by atoms with Crippen molar-refractivity contribution in [2.24, 2.45) is 5.41 Å². The van der Waals surface area contributed by atoms with Crippen LogP contribution in [0.4, 0.5) is 28.7 Å². The molecule has 4 atom stereocenters. The molecule has 4 aromatic carbocycles. The number of anilines is 5. The molecule has 0 N–H and O–H groups in total. The van der Waals surface area contributed by atoms with Gasteiger partial charge in [-0.1, -0.05) is 86.7 Å². The lowest BCUT2D eigenvalue weighted by Gasteiger charge is -2.62. The number of aromatic nitrogens is 2. The summed E-state index contributed by atoms with van der Waals surface area (Å²) in [7, 11) is 2.18. The number of fused-ring (bicyclic) bond motifs is 8. The van der Waals surface area contributed by atoms with Crippen LogP contribution in [0, 0.1) is 12.3 Å². The molecular formula is C40H36N6O. The first-order valence-corrected chi connectivity index (χ1v) is 16.2. The van der Waals surface area contributed by atoms with Crippen LogP contribution in [0.25, 0.3) is 21.9 Å². The van der Waals surface area contributed by atoms with Crippen LogP contribution in [0.1, 0.15) is 25.0 Å². The summed E-state index contributed by atoms with van der Waals surface area (Å²) >= 11 is 0. The Balaban J connectivity index is 1.38. The van der Waals surface area contributed by atoms with E-state index in [1.54, 1.807) is 12.4 Å². The van der Waals surface area contributed by atoms with Gasteiger partial charge in [0, 0.05) is 59.4 Å². The van der Waals surface area contributed by atoms with Crippen LogP contribution in [-0.4, -0.2) is 34.2 Å². The Labute approximate surface area is 274 Å². The second-order valence-corrected chi connectivity index (χ2v) is 13.3. The molecule has 3 aliphatic heterocycles. The maximum absolute atomic E-state index is 6.70. The van der Waals surface area contributed by atoms with Gasteiger partial charge in [-0.05, 0) is 42.3 Å². The Hall–Kier alpha value is -5.56. The van der Waals surface area contributed by atoms with Crippen LogP contribution in [0.5, 0.6) is 0 Å². The summed E-state index contributed by atoms with van der Waals surface area (Å²) in [6.07, 6.45) is 9.77. The number of allylic oxidation sites excluding steroid dienone is 1. The van der Waals surface area contributed by atoms with E-state index in [-0.39, 0.29) is 12.3 Å². The number of benzene rings is 4. The van der Waals surface area contributed by atoms with Gasteiger partial charge in [0.2, 0.25) is 0 Å². The molecule has 0 saturated heterocycles. The first kappa shape index (κ1) is 27.7. The molecule has 0 fully saturated rings. The highest BCUT2D eigenvalue weighted by Crippen LogP contribution is 2.64. The van der Waals surface area contributed by atoms with Crippen LogP contribution in [0.15, 0.2) is 133 Å². The molecule has 47 heavy (non-hydrogen) atoms. The molecule has 7 heteroatoms. The van der Waals surface area contributed by atoms with Gasteiger partial charge in [0.25, 0.3) is 0 Å². The summed E-state index contributed by atoms with van der Waals surface area (Å²) in [4.78, 5) is 19.6. The summed E-state index contributed by atoms with van der Waals surface area (Å²) in [6, 6.07) is 32.0. The first-order valence-electron chi connectivity index (χ1n) is 16.2. The van der Waals surface area contributed by atoms with Gasteiger partial charge in [-0.25, -0.2) is 9.97 Å².